The molecule has 2 aromatic carbocycles. The molecule has 0 amide bonds. The number of nitrogens with zero attached hydrogens (tertiary/aromatic N) is 3. The molecule has 1 N–H and O–H groups in total. The van der Waals surface area contributed by atoms with Gasteiger partial charge in [-0.1, -0.05) is 31.2 Å². The van der Waals surface area contributed by atoms with Gasteiger partial charge in [0, 0.05) is 5.56 Å². The third-order valence-corrected chi connectivity index (χ3v) is 5.88. The molecule has 4 rings (SSSR count). The van der Waals surface area contributed by atoms with Gasteiger partial charge in [-0.15, -0.1) is 0 Å². The highest BCUT2D eigenvalue weighted by atomic mass is 32.2. The summed E-state index contributed by atoms with van der Waals surface area (Å²) in [5.41, 5.74) is 1.50. The highest BCUT2D eigenvalue weighted by Gasteiger charge is 2.34. The van der Waals surface area contributed by atoms with Gasteiger partial charge in [0.25, 0.3) is 15.6 Å². The van der Waals surface area contributed by atoms with Crippen molar-refractivity contribution in [3.63, 3.8) is 0 Å². The van der Waals surface area contributed by atoms with Gasteiger partial charge in [0.1, 0.15) is 11.7 Å². The van der Waals surface area contributed by atoms with Gasteiger partial charge in [0.15, 0.2) is 0 Å². The van der Waals surface area contributed by atoms with Gasteiger partial charge < -0.3 is 4.98 Å². The molecule has 1 aromatic heterocycles. The zero-order valence-corrected chi connectivity index (χ0v) is 15.1. The van der Waals surface area contributed by atoms with Crippen LogP contribution in [0.15, 0.2) is 56.6 Å². The van der Waals surface area contributed by atoms with Crippen molar-refractivity contribution in [1.82, 2.24) is 9.97 Å². The number of fused-ring (bicyclic) bond motifs is 2. The highest BCUT2D eigenvalue weighted by Crippen LogP contribution is 2.31. The number of H-pyrrole nitrogens is 1. The van der Waals surface area contributed by atoms with E-state index in [9.17, 15) is 18.5 Å². The van der Waals surface area contributed by atoms with Crippen molar-refractivity contribution in [2.45, 2.75) is 24.2 Å². The Morgan fingerprint density at radius 1 is 1.22 bits per heavy atom. The number of sulfonamides is 1. The average Bonchev–Trinajstić information content (AvgIpc) is 2.94. The van der Waals surface area contributed by atoms with E-state index in [1.807, 2.05) is 19.1 Å². The van der Waals surface area contributed by atoms with Crippen LogP contribution in [0.1, 0.15) is 29.8 Å². The monoisotopic (exact) mass is 378 g/mol. The number of rotatable bonds is 3. The molecule has 1 aliphatic heterocycles. The van der Waals surface area contributed by atoms with Crippen molar-refractivity contribution in [1.29, 1.82) is 5.26 Å². The van der Waals surface area contributed by atoms with Crippen LogP contribution in [0.2, 0.25) is 0 Å². The van der Waals surface area contributed by atoms with Gasteiger partial charge in [-0.25, -0.2) is 4.98 Å². The van der Waals surface area contributed by atoms with Gasteiger partial charge >= 0.3 is 0 Å². The molecule has 3 aromatic rings. The summed E-state index contributed by atoms with van der Waals surface area (Å²) in [6, 6.07) is 13.7. The number of aromatic amines is 1. The summed E-state index contributed by atoms with van der Waals surface area (Å²) in [6.07, 6.45) is 0.781. The Bertz CT molecular complexity index is 1320. The lowest BCUT2D eigenvalue weighted by molar-refractivity contribution is 0.599. The molecule has 0 spiro atoms. The Hall–Kier alpha value is -3.31. The highest BCUT2D eigenvalue weighted by molar-refractivity contribution is 7.90. The lowest BCUT2D eigenvalue weighted by Crippen LogP contribution is -2.19. The van der Waals surface area contributed by atoms with Crippen LogP contribution in [-0.2, 0) is 16.4 Å². The van der Waals surface area contributed by atoms with E-state index in [1.54, 1.807) is 30.3 Å². The smallest absolute Gasteiger partial charge is 0.283 e. The van der Waals surface area contributed by atoms with E-state index in [4.69, 9.17) is 0 Å². The Morgan fingerprint density at radius 3 is 2.74 bits per heavy atom. The van der Waals surface area contributed by atoms with Crippen molar-refractivity contribution < 1.29 is 8.42 Å². The summed E-state index contributed by atoms with van der Waals surface area (Å²) in [7, 11) is -3.86. The maximum Gasteiger partial charge on any atom is 0.283 e. The summed E-state index contributed by atoms with van der Waals surface area (Å²) < 4.78 is 28.3. The number of aromatic nitrogens is 2. The molecule has 0 bridgehead atoms. The second-order valence-corrected chi connectivity index (χ2v) is 7.74. The fraction of sp³-hybridized carbons (Fsp3) is 0.158. The molecule has 2 heterocycles. The summed E-state index contributed by atoms with van der Waals surface area (Å²) in [5.74, 6) is -1.03. The second-order valence-electron chi connectivity index (χ2n) is 6.17. The predicted octanol–water partition coefficient (Wildman–Crippen LogP) is 2.28. The third kappa shape index (κ3) is 2.73. The molecule has 27 heavy (non-hydrogen) atoms. The van der Waals surface area contributed by atoms with Crippen LogP contribution in [0, 0.1) is 11.3 Å². The van der Waals surface area contributed by atoms with Crippen LogP contribution >= 0.6 is 0 Å². The van der Waals surface area contributed by atoms with Crippen LogP contribution in [-0.4, -0.2) is 24.1 Å². The molecule has 1 atom stereocenters. The van der Waals surface area contributed by atoms with Gasteiger partial charge in [-0.3, -0.25) is 4.79 Å². The Morgan fingerprint density at radius 2 is 2.00 bits per heavy atom. The third-order valence-electron chi connectivity index (χ3n) is 4.53. The van der Waals surface area contributed by atoms with Crippen molar-refractivity contribution in [3.05, 3.63) is 69.8 Å². The number of hydrogen-bond donors (Lipinski definition) is 1. The maximum atomic E-state index is 12.5. The van der Waals surface area contributed by atoms with Crippen LogP contribution < -0.4 is 5.56 Å². The average molecular weight is 378 g/mol. The topological polar surface area (TPSA) is 116 Å². The summed E-state index contributed by atoms with van der Waals surface area (Å²) in [5, 5.41) is 10.1. The van der Waals surface area contributed by atoms with E-state index < -0.39 is 15.9 Å². The molecule has 8 heteroatoms. The molecule has 0 aliphatic carbocycles. The molecule has 0 unspecified atom stereocenters. The number of hydrogen-bond acceptors (Lipinski definition) is 5. The Labute approximate surface area is 155 Å². The lowest BCUT2D eigenvalue weighted by Gasteiger charge is -2.10. The first-order chi connectivity index (χ1) is 12.9. The molecule has 0 fully saturated rings. The molecule has 134 valence electrons. The number of aryl methyl sites for hydroxylation is 1. The van der Waals surface area contributed by atoms with Crippen LogP contribution in [0.5, 0.6) is 0 Å². The fourth-order valence-electron chi connectivity index (χ4n) is 3.15. The van der Waals surface area contributed by atoms with E-state index >= 15 is 0 Å². The maximum absolute atomic E-state index is 12.5. The molecule has 1 aliphatic rings. The number of benzene rings is 2. The Balaban J connectivity index is 1.90. The largest absolute Gasteiger partial charge is 0.309 e. The van der Waals surface area contributed by atoms with Gasteiger partial charge in [-0.2, -0.15) is 18.1 Å². The molecule has 0 radical (unpaired) electrons. The van der Waals surface area contributed by atoms with E-state index in [1.165, 1.54) is 6.07 Å². The van der Waals surface area contributed by atoms with E-state index in [0.717, 1.165) is 12.0 Å². The molecule has 0 saturated heterocycles. The quantitative estimate of drug-likeness (QED) is 0.750. The summed E-state index contributed by atoms with van der Waals surface area (Å²) >= 11 is 0. The summed E-state index contributed by atoms with van der Waals surface area (Å²) in [4.78, 5) is 19.6. The lowest BCUT2D eigenvalue weighted by atomic mass is 9.97. The molecular weight excluding hydrogens is 364 g/mol. The zero-order valence-electron chi connectivity index (χ0n) is 14.3. The van der Waals surface area contributed by atoms with Crippen molar-refractivity contribution in [3.8, 4) is 6.07 Å². The van der Waals surface area contributed by atoms with Gasteiger partial charge in [0.05, 0.1) is 27.6 Å². The van der Waals surface area contributed by atoms with Crippen LogP contribution in [0.4, 0.5) is 0 Å². The van der Waals surface area contributed by atoms with Crippen molar-refractivity contribution in [2.24, 2.45) is 4.40 Å². The number of nitrogens with one attached hydrogen (secondary N) is 1. The second kappa shape index (κ2) is 6.14. The number of nitriles is 1. The minimum Gasteiger partial charge on any atom is -0.309 e. The van der Waals surface area contributed by atoms with Crippen molar-refractivity contribution in [2.75, 3.05) is 0 Å². The molecule has 7 nitrogen and oxygen atoms in total. The minimum atomic E-state index is -3.86. The zero-order chi connectivity index (χ0) is 19.2. The van der Waals surface area contributed by atoms with Crippen molar-refractivity contribution >= 4 is 26.6 Å². The predicted molar refractivity (Wildman–Crippen MR) is 100 cm³/mol. The van der Waals surface area contributed by atoms with Crippen LogP contribution in [0.3, 0.4) is 0 Å². The Kier molecular flexibility index (Phi) is 3.89. The minimum absolute atomic E-state index is 0.0518. The SMILES string of the molecule is CCc1ccc2nc([C@H](C#N)C3=NS(=O)(=O)c4ccccc43)[nH]c(=O)c2c1. The normalized spacial score (nSPS) is 15.8. The molecule has 0 saturated carbocycles. The standard InChI is InChI=1S/C19H14N4O3S/c1-2-11-7-8-15-13(9-11)19(24)22-18(21-15)14(10-20)17-12-5-3-4-6-16(12)27(25,26)23-17/h3-9,14H,2H2,1H3,(H,21,22,24)/t14-/m1/s1. The van der Waals surface area contributed by atoms with Gasteiger partial charge in [0.2, 0.25) is 0 Å². The van der Waals surface area contributed by atoms with Gasteiger partial charge in [-0.05, 0) is 30.2 Å². The molecular formula is C19H14N4O3S. The fourth-order valence-corrected chi connectivity index (χ4v) is 4.41. The van der Waals surface area contributed by atoms with E-state index in [-0.39, 0.29) is 22.0 Å². The van der Waals surface area contributed by atoms with E-state index in [0.29, 0.717) is 16.5 Å². The van der Waals surface area contributed by atoms with E-state index in [2.05, 4.69) is 14.4 Å². The summed E-state index contributed by atoms with van der Waals surface area (Å²) in [6.45, 7) is 1.99. The first-order valence-corrected chi connectivity index (χ1v) is 9.75. The van der Waals surface area contributed by atoms with Crippen LogP contribution in [0.25, 0.3) is 10.9 Å². The first kappa shape index (κ1) is 17.1. The first-order valence-electron chi connectivity index (χ1n) is 8.31.